The van der Waals surface area contributed by atoms with Crippen LogP contribution in [0.15, 0.2) is 103 Å². The minimum Gasteiger partial charge on any atom is -0.394 e. The second-order valence-corrected chi connectivity index (χ2v) is 8.56. The molecule has 0 aliphatic carbocycles. The van der Waals surface area contributed by atoms with Crippen LogP contribution in [0.5, 0.6) is 0 Å². The van der Waals surface area contributed by atoms with Crippen molar-refractivity contribution >= 4 is 11.8 Å². The number of carbonyl (C=O) groups excluding carboxylic acids is 2. The highest BCUT2D eigenvalue weighted by Crippen LogP contribution is 2.24. The molecule has 1 aromatic heterocycles. The van der Waals surface area contributed by atoms with Gasteiger partial charge in [0.15, 0.2) is 0 Å². The Bertz CT molecular complexity index is 1250. The zero-order valence-corrected chi connectivity index (χ0v) is 19.4. The smallest absolute Gasteiger partial charge is 0.225 e. The maximum absolute atomic E-state index is 12.7. The molecule has 0 bridgehead atoms. The molecular formula is C29H29N3O3. The molecule has 6 nitrogen and oxygen atoms in total. The molecule has 0 radical (unpaired) electrons. The molecule has 0 spiro atoms. The molecule has 1 heterocycles. The van der Waals surface area contributed by atoms with E-state index in [1.165, 1.54) is 0 Å². The molecule has 178 valence electrons. The average molecular weight is 468 g/mol. The van der Waals surface area contributed by atoms with Gasteiger partial charge in [0.05, 0.1) is 18.6 Å². The Morgan fingerprint density at radius 3 is 2.11 bits per heavy atom. The van der Waals surface area contributed by atoms with Crippen molar-refractivity contribution in [2.45, 2.75) is 24.8 Å². The summed E-state index contributed by atoms with van der Waals surface area (Å²) in [5.41, 5.74) is 10.5. The number of nitrogens with one attached hydrogen (secondary N) is 1. The van der Waals surface area contributed by atoms with Gasteiger partial charge in [-0.05, 0) is 46.9 Å². The number of amides is 2. The van der Waals surface area contributed by atoms with Gasteiger partial charge in [0.25, 0.3) is 0 Å². The molecule has 2 atom stereocenters. The lowest BCUT2D eigenvalue weighted by atomic mass is 9.97. The first kappa shape index (κ1) is 24.0. The van der Waals surface area contributed by atoms with Crippen molar-refractivity contribution in [3.63, 3.8) is 0 Å². The van der Waals surface area contributed by atoms with Crippen LogP contribution in [0, 0.1) is 0 Å². The van der Waals surface area contributed by atoms with Crippen LogP contribution in [0.3, 0.4) is 0 Å². The van der Waals surface area contributed by atoms with Crippen LogP contribution in [0.2, 0.25) is 0 Å². The molecular weight excluding hydrogens is 438 g/mol. The fraction of sp³-hybridized carbons (Fsp3) is 0.172. The largest absolute Gasteiger partial charge is 0.394 e. The maximum atomic E-state index is 12.7. The van der Waals surface area contributed by atoms with Gasteiger partial charge in [-0.15, -0.1) is 0 Å². The molecule has 2 unspecified atom stereocenters. The fourth-order valence-corrected chi connectivity index (χ4v) is 4.15. The fourth-order valence-electron chi connectivity index (χ4n) is 4.15. The highest BCUT2D eigenvalue weighted by Gasteiger charge is 2.24. The van der Waals surface area contributed by atoms with Gasteiger partial charge in [-0.2, -0.15) is 0 Å². The summed E-state index contributed by atoms with van der Waals surface area (Å²) in [4.78, 5) is 24.9. The second kappa shape index (κ2) is 11.3. The van der Waals surface area contributed by atoms with Crippen molar-refractivity contribution < 1.29 is 14.7 Å². The number of aliphatic hydroxyl groups excluding tert-OH is 1. The Hall–Kier alpha value is -4.16. The van der Waals surface area contributed by atoms with Crippen LogP contribution >= 0.6 is 0 Å². The Morgan fingerprint density at radius 1 is 0.857 bits per heavy atom. The molecule has 4 aromatic rings. The molecule has 0 saturated carbocycles. The van der Waals surface area contributed by atoms with Crippen molar-refractivity contribution in [1.82, 2.24) is 9.88 Å². The van der Waals surface area contributed by atoms with Gasteiger partial charge >= 0.3 is 0 Å². The minimum absolute atomic E-state index is 0.0857. The molecule has 3 aromatic carbocycles. The van der Waals surface area contributed by atoms with Gasteiger partial charge in [0, 0.05) is 24.5 Å². The van der Waals surface area contributed by atoms with Gasteiger partial charge in [-0.1, -0.05) is 72.8 Å². The Morgan fingerprint density at radius 2 is 1.49 bits per heavy atom. The molecule has 6 heteroatoms. The Labute approximate surface area is 205 Å². The molecule has 2 amide bonds. The normalized spacial score (nSPS) is 12.6. The van der Waals surface area contributed by atoms with E-state index in [-0.39, 0.29) is 18.9 Å². The number of benzene rings is 3. The number of nitrogens with two attached hydrogens (primary N) is 1. The van der Waals surface area contributed by atoms with Gasteiger partial charge in [0.2, 0.25) is 11.8 Å². The van der Waals surface area contributed by atoms with E-state index in [0.717, 1.165) is 22.4 Å². The number of hydrogen-bond acceptors (Lipinski definition) is 3. The van der Waals surface area contributed by atoms with Gasteiger partial charge in [0.1, 0.15) is 0 Å². The number of hydrogen-bond donors (Lipinski definition) is 3. The molecule has 0 aliphatic rings. The number of carbonyl (C=O) groups is 2. The zero-order chi connectivity index (χ0) is 24.6. The van der Waals surface area contributed by atoms with Crippen LogP contribution in [-0.4, -0.2) is 34.1 Å². The van der Waals surface area contributed by atoms with Crippen LogP contribution in [0.25, 0.3) is 16.8 Å². The topological polar surface area (TPSA) is 97.3 Å². The summed E-state index contributed by atoms with van der Waals surface area (Å²) in [6.07, 6.45) is 4.09. The number of nitrogens with zero attached hydrogens (tertiary/aromatic N) is 1. The number of primary amides is 1. The molecule has 0 fully saturated rings. The number of aromatic nitrogens is 1. The summed E-state index contributed by atoms with van der Waals surface area (Å²) in [6, 6.07) is 29.2. The van der Waals surface area contributed by atoms with Crippen molar-refractivity contribution in [2.75, 3.05) is 6.61 Å². The summed E-state index contributed by atoms with van der Waals surface area (Å²) >= 11 is 0. The molecule has 4 N–H and O–H groups in total. The first-order chi connectivity index (χ1) is 17.0. The average Bonchev–Trinajstić information content (AvgIpc) is 3.38. The lowest BCUT2D eigenvalue weighted by Gasteiger charge is -2.18. The van der Waals surface area contributed by atoms with E-state index < -0.39 is 17.9 Å². The lowest BCUT2D eigenvalue weighted by molar-refractivity contribution is -0.126. The van der Waals surface area contributed by atoms with Crippen molar-refractivity contribution in [1.29, 1.82) is 0 Å². The molecule has 0 aliphatic heterocycles. The number of aliphatic hydroxyl groups is 1. The van der Waals surface area contributed by atoms with Gasteiger partial charge in [-0.25, -0.2) is 0 Å². The summed E-state index contributed by atoms with van der Waals surface area (Å²) < 4.78 is 1.91. The van der Waals surface area contributed by atoms with Gasteiger partial charge in [-0.3, -0.25) is 9.59 Å². The number of rotatable bonds is 10. The van der Waals surface area contributed by atoms with E-state index in [0.29, 0.717) is 12.0 Å². The lowest BCUT2D eigenvalue weighted by Crippen LogP contribution is -2.40. The SMILES string of the molecule is NC(=O)C(CC(=O)NC(CO)Cc1ccccc1)c1ccn(-c2ccc(-c3ccccc3)cc2)c1. The van der Waals surface area contributed by atoms with Crippen molar-refractivity contribution in [2.24, 2.45) is 5.73 Å². The van der Waals surface area contributed by atoms with E-state index in [1.54, 1.807) is 6.07 Å². The summed E-state index contributed by atoms with van der Waals surface area (Å²) in [6.45, 7) is -0.197. The van der Waals surface area contributed by atoms with E-state index in [1.807, 2.05) is 89.8 Å². The third kappa shape index (κ3) is 6.25. The second-order valence-electron chi connectivity index (χ2n) is 8.56. The van der Waals surface area contributed by atoms with E-state index in [2.05, 4.69) is 17.4 Å². The minimum atomic E-state index is -0.768. The third-order valence-electron chi connectivity index (χ3n) is 6.03. The summed E-state index contributed by atoms with van der Waals surface area (Å²) in [5, 5.41) is 12.5. The Balaban J connectivity index is 1.43. The van der Waals surface area contributed by atoms with E-state index >= 15 is 0 Å². The van der Waals surface area contributed by atoms with Crippen LogP contribution in [0.4, 0.5) is 0 Å². The Kier molecular flexibility index (Phi) is 7.75. The third-order valence-corrected chi connectivity index (χ3v) is 6.03. The van der Waals surface area contributed by atoms with Crippen LogP contribution in [-0.2, 0) is 16.0 Å². The highest BCUT2D eigenvalue weighted by atomic mass is 16.3. The first-order valence-corrected chi connectivity index (χ1v) is 11.6. The first-order valence-electron chi connectivity index (χ1n) is 11.6. The molecule has 0 saturated heterocycles. The maximum Gasteiger partial charge on any atom is 0.225 e. The van der Waals surface area contributed by atoms with Crippen molar-refractivity contribution in [3.8, 4) is 16.8 Å². The molecule has 35 heavy (non-hydrogen) atoms. The van der Waals surface area contributed by atoms with E-state index in [9.17, 15) is 14.7 Å². The predicted octanol–water partition coefficient (Wildman–Crippen LogP) is 3.82. The summed E-state index contributed by atoms with van der Waals surface area (Å²) in [7, 11) is 0. The predicted molar refractivity (Wildman–Crippen MR) is 137 cm³/mol. The molecule has 4 rings (SSSR count). The van der Waals surface area contributed by atoms with Crippen LogP contribution < -0.4 is 11.1 Å². The summed E-state index contributed by atoms with van der Waals surface area (Å²) in [5.74, 6) is -1.67. The van der Waals surface area contributed by atoms with E-state index in [4.69, 9.17) is 5.73 Å². The van der Waals surface area contributed by atoms with Gasteiger partial charge < -0.3 is 20.7 Å². The quantitative estimate of drug-likeness (QED) is 0.331. The highest BCUT2D eigenvalue weighted by molar-refractivity contribution is 5.88. The van der Waals surface area contributed by atoms with Crippen LogP contribution in [0.1, 0.15) is 23.5 Å². The monoisotopic (exact) mass is 467 g/mol. The van der Waals surface area contributed by atoms with Crippen molar-refractivity contribution in [3.05, 3.63) is 115 Å². The standard InChI is InChI=1S/C29H29N3O3/c30-29(35)27(18-28(34)31-25(20-33)17-21-7-3-1-4-8-21)24-15-16-32(19-24)26-13-11-23(12-14-26)22-9-5-2-6-10-22/h1-16,19,25,27,33H,17-18,20H2,(H2,30,35)(H,31,34). The zero-order valence-electron chi connectivity index (χ0n) is 19.4.